The average molecular weight is 300 g/mol. The Kier molecular flexibility index (Phi) is 3.61. The molecule has 2 N–H and O–H groups in total. The Morgan fingerprint density at radius 2 is 1.90 bits per heavy atom. The van der Waals surface area contributed by atoms with Crippen LogP contribution in [0.2, 0.25) is 5.15 Å². The van der Waals surface area contributed by atoms with Crippen molar-refractivity contribution >= 4 is 23.2 Å². The minimum atomic E-state index is -0.339. The maximum atomic E-state index is 12.0. The lowest BCUT2D eigenvalue weighted by molar-refractivity contribution is 0.102. The third-order valence-electron chi connectivity index (χ3n) is 2.82. The van der Waals surface area contributed by atoms with Gasteiger partial charge in [-0.3, -0.25) is 4.79 Å². The van der Waals surface area contributed by atoms with Gasteiger partial charge in [0.15, 0.2) is 10.8 Å². The second-order valence-electron chi connectivity index (χ2n) is 4.24. The smallest absolute Gasteiger partial charge is 0.276 e. The van der Waals surface area contributed by atoms with Gasteiger partial charge in [0.1, 0.15) is 0 Å². The number of halogens is 1. The second kappa shape index (κ2) is 5.72. The number of rotatable bonds is 3. The number of amides is 1. The SMILES string of the molecule is O=C(Nc1ccc(-c2cnc[nH]2)cc1)c1ccc(Cl)nn1. The van der Waals surface area contributed by atoms with Crippen LogP contribution in [-0.2, 0) is 0 Å². The van der Waals surface area contributed by atoms with Gasteiger partial charge in [0.05, 0.1) is 18.2 Å². The fraction of sp³-hybridized carbons (Fsp3) is 0. The summed E-state index contributed by atoms with van der Waals surface area (Å²) in [5, 5.41) is 10.3. The lowest BCUT2D eigenvalue weighted by Gasteiger charge is -2.05. The van der Waals surface area contributed by atoms with Crippen LogP contribution in [0.25, 0.3) is 11.3 Å². The van der Waals surface area contributed by atoms with E-state index in [9.17, 15) is 4.79 Å². The summed E-state index contributed by atoms with van der Waals surface area (Å²) in [7, 11) is 0. The maximum absolute atomic E-state index is 12.0. The molecule has 3 rings (SSSR count). The van der Waals surface area contributed by atoms with Crippen LogP contribution < -0.4 is 5.32 Å². The summed E-state index contributed by atoms with van der Waals surface area (Å²) in [4.78, 5) is 18.9. The van der Waals surface area contributed by atoms with E-state index in [0.29, 0.717) is 5.69 Å². The standard InChI is InChI=1S/C14H10ClN5O/c15-13-6-5-11(19-20-13)14(21)18-10-3-1-9(2-4-10)12-7-16-8-17-12/h1-8H,(H,16,17)(H,18,21). The first-order chi connectivity index (χ1) is 10.2. The number of hydrogen-bond acceptors (Lipinski definition) is 4. The molecule has 0 saturated heterocycles. The third-order valence-corrected chi connectivity index (χ3v) is 3.02. The van der Waals surface area contributed by atoms with Crippen LogP contribution in [0, 0.1) is 0 Å². The van der Waals surface area contributed by atoms with Gasteiger partial charge in [0.2, 0.25) is 0 Å². The quantitative estimate of drug-likeness (QED) is 0.779. The predicted molar refractivity (Wildman–Crippen MR) is 79.0 cm³/mol. The van der Waals surface area contributed by atoms with E-state index < -0.39 is 0 Å². The minimum Gasteiger partial charge on any atom is -0.345 e. The van der Waals surface area contributed by atoms with E-state index in [2.05, 4.69) is 25.5 Å². The summed E-state index contributed by atoms with van der Waals surface area (Å²) >= 11 is 5.63. The first-order valence-electron chi connectivity index (χ1n) is 6.12. The van der Waals surface area contributed by atoms with Crippen LogP contribution in [0.3, 0.4) is 0 Å². The van der Waals surface area contributed by atoms with Crippen molar-refractivity contribution in [3.8, 4) is 11.3 Å². The number of nitrogens with one attached hydrogen (secondary N) is 2. The molecule has 21 heavy (non-hydrogen) atoms. The maximum Gasteiger partial charge on any atom is 0.276 e. The van der Waals surface area contributed by atoms with Crippen molar-refractivity contribution in [2.45, 2.75) is 0 Å². The molecule has 0 saturated carbocycles. The zero-order chi connectivity index (χ0) is 14.7. The van der Waals surface area contributed by atoms with Crippen LogP contribution in [0.1, 0.15) is 10.5 Å². The topological polar surface area (TPSA) is 83.6 Å². The Morgan fingerprint density at radius 1 is 1.10 bits per heavy atom. The van der Waals surface area contributed by atoms with Gasteiger partial charge in [-0.15, -0.1) is 10.2 Å². The molecule has 0 spiro atoms. The first kappa shape index (κ1) is 13.3. The number of H-pyrrole nitrogens is 1. The molecular formula is C14H10ClN5O. The number of benzene rings is 1. The fourth-order valence-electron chi connectivity index (χ4n) is 1.78. The highest BCUT2D eigenvalue weighted by atomic mass is 35.5. The predicted octanol–water partition coefficient (Wildman–Crippen LogP) is 2.77. The molecule has 1 aromatic carbocycles. The Hall–Kier alpha value is -2.73. The zero-order valence-corrected chi connectivity index (χ0v) is 11.5. The molecule has 104 valence electrons. The van der Waals surface area contributed by atoms with Crippen LogP contribution >= 0.6 is 11.6 Å². The van der Waals surface area contributed by atoms with Crippen LogP contribution in [0.15, 0.2) is 48.9 Å². The highest BCUT2D eigenvalue weighted by Crippen LogP contribution is 2.19. The molecule has 0 aliphatic carbocycles. The Bertz CT molecular complexity index is 738. The molecule has 1 amide bonds. The van der Waals surface area contributed by atoms with Gasteiger partial charge in [-0.1, -0.05) is 23.7 Å². The summed E-state index contributed by atoms with van der Waals surface area (Å²) in [5.74, 6) is -0.339. The number of anilines is 1. The van der Waals surface area contributed by atoms with Crippen molar-refractivity contribution in [1.29, 1.82) is 0 Å². The molecule has 2 heterocycles. The van der Waals surface area contributed by atoms with E-state index in [-0.39, 0.29) is 16.8 Å². The molecule has 0 aliphatic rings. The Balaban J connectivity index is 1.73. The van der Waals surface area contributed by atoms with Gasteiger partial charge < -0.3 is 10.3 Å². The lowest BCUT2D eigenvalue weighted by atomic mass is 10.1. The third kappa shape index (κ3) is 3.06. The van der Waals surface area contributed by atoms with Crippen molar-refractivity contribution in [2.24, 2.45) is 0 Å². The van der Waals surface area contributed by atoms with Crippen molar-refractivity contribution in [3.05, 3.63) is 59.8 Å². The normalized spacial score (nSPS) is 10.3. The molecule has 0 fully saturated rings. The highest BCUT2D eigenvalue weighted by molar-refractivity contribution is 6.29. The summed E-state index contributed by atoms with van der Waals surface area (Å²) < 4.78 is 0. The monoisotopic (exact) mass is 299 g/mol. The van der Waals surface area contributed by atoms with Gasteiger partial charge in [-0.25, -0.2) is 4.98 Å². The van der Waals surface area contributed by atoms with E-state index in [1.807, 2.05) is 12.1 Å². The molecule has 2 aromatic heterocycles. The number of imidazole rings is 1. The number of carbonyl (C=O) groups is 1. The number of aromatic nitrogens is 4. The van der Waals surface area contributed by atoms with Crippen LogP contribution in [0.5, 0.6) is 0 Å². The summed E-state index contributed by atoms with van der Waals surface area (Å²) in [6.07, 6.45) is 3.35. The summed E-state index contributed by atoms with van der Waals surface area (Å²) in [6, 6.07) is 10.4. The largest absolute Gasteiger partial charge is 0.345 e. The minimum absolute atomic E-state index is 0.206. The van der Waals surface area contributed by atoms with Crippen molar-refractivity contribution in [2.75, 3.05) is 5.32 Å². The van der Waals surface area contributed by atoms with Gasteiger partial charge in [-0.05, 0) is 29.8 Å². The first-order valence-corrected chi connectivity index (χ1v) is 6.49. The second-order valence-corrected chi connectivity index (χ2v) is 4.63. The molecule has 0 aliphatic heterocycles. The van der Waals surface area contributed by atoms with E-state index in [1.54, 1.807) is 24.7 Å². The van der Waals surface area contributed by atoms with Crippen LogP contribution in [0.4, 0.5) is 5.69 Å². The van der Waals surface area contributed by atoms with E-state index in [0.717, 1.165) is 11.3 Å². The molecule has 0 bridgehead atoms. The molecule has 3 aromatic rings. The molecular weight excluding hydrogens is 290 g/mol. The van der Waals surface area contributed by atoms with E-state index >= 15 is 0 Å². The lowest BCUT2D eigenvalue weighted by Crippen LogP contribution is -2.14. The van der Waals surface area contributed by atoms with E-state index in [4.69, 9.17) is 11.6 Å². The molecule has 6 nitrogen and oxygen atoms in total. The van der Waals surface area contributed by atoms with Crippen molar-refractivity contribution in [3.63, 3.8) is 0 Å². The summed E-state index contributed by atoms with van der Waals surface area (Å²) in [6.45, 7) is 0. The fourth-order valence-corrected chi connectivity index (χ4v) is 1.88. The van der Waals surface area contributed by atoms with Gasteiger partial charge in [0, 0.05) is 5.69 Å². The number of carbonyl (C=O) groups excluding carboxylic acids is 1. The van der Waals surface area contributed by atoms with Gasteiger partial charge in [0.25, 0.3) is 5.91 Å². The Labute approximate surface area is 125 Å². The van der Waals surface area contributed by atoms with E-state index in [1.165, 1.54) is 12.1 Å². The average Bonchev–Trinajstić information content (AvgIpc) is 3.03. The van der Waals surface area contributed by atoms with Gasteiger partial charge in [-0.2, -0.15) is 0 Å². The summed E-state index contributed by atoms with van der Waals surface area (Å²) in [5.41, 5.74) is 2.77. The number of aromatic amines is 1. The number of nitrogens with zero attached hydrogens (tertiary/aromatic N) is 3. The van der Waals surface area contributed by atoms with Crippen LogP contribution in [-0.4, -0.2) is 26.1 Å². The van der Waals surface area contributed by atoms with Crippen molar-refractivity contribution < 1.29 is 4.79 Å². The zero-order valence-electron chi connectivity index (χ0n) is 10.7. The molecule has 0 unspecified atom stereocenters. The molecule has 0 radical (unpaired) electrons. The van der Waals surface area contributed by atoms with Crippen molar-refractivity contribution in [1.82, 2.24) is 20.2 Å². The van der Waals surface area contributed by atoms with Gasteiger partial charge >= 0.3 is 0 Å². The molecule has 7 heteroatoms. The number of hydrogen-bond donors (Lipinski definition) is 2. The Morgan fingerprint density at radius 3 is 2.52 bits per heavy atom. The molecule has 0 atom stereocenters. The highest BCUT2D eigenvalue weighted by Gasteiger charge is 2.08.